The maximum Gasteiger partial charge on any atom is 0.286 e. The number of benzene rings is 3. The van der Waals surface area contributed by atoms with Crippen molar-refractivity contribution in [2.24, 2.45) is 7.05 Å². The van der Waals surface area contributed by atoms with Crippen LogP contribution in [0, 0.1) is 10.5 Å². The van der Waals surface area contributed by atoms with E-state index in [0.717, 1.165) is 17.0 Å². The molecule has 6 aromatic rings. The molecule has 0 radical (unpaired) electrons. The molecule has 0 aliphatic rings. The van der Waals surface area contributed by atoms with Crippen LogP contribution in [-0.4, -0.2) is 4.57 Å². The van der Waals surface area contributed by atoms with Gasteiger partial charge in [-0.3, -0.25) is 0 Å². The predicted molar refractivity (Wildman–Crippen MR) is 127 cm³/mol. The first kappa shape index (κ1) is 17.0. The van der Waals surface area contributed by atoms with Crippen LogP contribution in [0.5, 0.6) is 0 Å². The topological polar surface area (TPSA) is 21.9 Å². The van der Waals surface area contributed by atoms with E-state index < -0.39 is 0 Å². The molecule has 140 valence electrons. The Hall–Kier alpha value is -2.86. The number of aryl methyl sites for hydroxylation is 2. The van der Waals surface area contributed by atoms with E-state index in [9.17, 15) is 0 Å². The molecular weight excluding hydrogens is 471 g/mol. The Morgan fingerprint density at radius 3 is 2.41 bits per heavy atom. The van der Waals surface area contributed by atoms with Crippen molar-refractivity contribution in [1.29, 1.82) is 0 Å². The van der Waals surface area contributed by atoms with Gasteiger partial charge in [0.05, 0.1) is 16.8 Å². The number of hydrogen-bond donors (Lipinski definition) is 0. The molecule has 3 nitrogen and oxygen atoms in total. The molecule has 0 N–H and O–H groups in total. The van der Waals surface area contributed by atoms with Gasteiger partial charge in [0.25, 0.3) is 5.82 Å². The molecule has 6 rings (SSSR count). The normalized spacial score (nSPS) is 12.0. The van der Waals surface area contributed by atoms with Crippen LogP contribution >= 0.6 is 22.6 Å². The lowest BCUT2D eigenvalue weighted by Crippen LogP contribution is -2.33. The average Bonchev–Trinajstić information content (AvgIpc) is 3.29. The minimum Gasteiger partial charge on any atom is -0.455 e. The van der Waals surface area contributed by atoms with Crippen molar-refractivity contribution < 1.29 is 8.98 Å². The molecule has 0 aliphatic heterocycles. The summed E-state index contributed by atoms with van der Waals surface area (Å²) in [6, 6.07) is 23.4. The van der Waals surface area contributed by atoms with E-state index >= 15 is 0 Å². The Bertz CT molecular complexity index is 1590. The van der Waals surface area contributed by atoms with Crippen molar-refractivity contribution in [3.63, 3.8) is 0 Å². The van der Waals surface area contributed by atoms with E-state index in [1.54, 1.807) is 0 Å². The number of hydrogen-bond acceptors (Lipinski definition) is 1. The maximum atomic E-state index is 6.34. The molecule has 3 heterocycles. The van der Waals surface area contributed by atoms with Crippen LogP contribution in [0.25, 0.3) is 49.6 Å². The predicted octanol–water partition coefficient (Wildman–Crippen LogP) is 6.42. The summed E-state index contributed by atoms with van der Waals surface area (Å²) < 4.78 is 12.1. The molecule has 4 heteroatoms. The smallest absolute Gasteiger partial charge is 0.286 e. The molecule has 3 aromatic heterocycles. The SMILES string of the molecule is Cc1c(I)c2oc3ccccc3c2c2c3ccccc3n(-c3cccc[n+]3C)c12. The Morgan fingerprint density at radius 1 is 0.862 bits per heavy atom. The highest BCUT2D eigenvalue weighted by molar-refractivity contribution is 14.1. The van der Waals surface area contributed by atoms with Crippen LogP contribution in [0.2, 0.25) is 0 Å². The lowest BCUT2D eigenvalue weighted by molar-refractivity contribution is -0.665. The zero-order valence-corrected chi connectivity index (χ0v) is 18.3. The first-order chi connectivity index (χ1) is 14.2. The molecule has 0 unspecified atom stereocenters. The van der Waals surface area contributed by atoms with E-state index in [1.807, 2.05) is 6.07 Å². The molecule has 0 saturated heterocycles. The van der Waals surface area contributed by atoms with Gasteiger partial charge in [-0.25, -0.2) is 4.57 Å². The van der Waals surface area contributed by atoms with Crippen molar-refractivity contribution >= 4 is 66.3 Å². The monoisotopic (exact) mass is 489 g/mol. The van der Waals surface area contributed by atoms with E-state index in [2.05, 4.69) is 113 Å². The molecule has 0 aliphatic carbocycles. The van der Waals surface area contributed by atoms with Crippen LogP contribution in [-0.2, 0) is 7.05 Å². The third-order valence-corrected chi connectivity index (χ3v) is 7.16. The summed E-state index contributed by atoms with van der Waals surface area (Å²) in [7, 11) is 2.10. The van der Waals surface area contributed by atoms with Gasteiger partial charge in [0.1, 0.15) is 22.2 Å². The number of aromatic nitrogens is 2. The average molecular weight is 489 g/mol. The molecule has 0 amide bonds. The second kappa shape index (κ2) is 6.07. The van der Waals surface area contributed by atoms with Gasteiger partial charge in [-0.05, 0) is 53.8 Å². The number of para-hydroxylation sites is 2. The van der Waals surface area contributed by atoms with Crippen molar-refractivity contribution in [2.45, 2.75) is 6.92 Å². The summed E-state index contributed by atoms with van der Waals surface area (Å²) >= 11 is 2.44. The van der Waals surface area contributed by atoms with Crippen molar-refractivity contribution in [2.75, 3.05) is 0 Å². The first-order valence-corrected chi connectivity index (χ1v) is 10.7. The van der Waals surface area contributed by atoms with E-state index in [-0.39, 0.29) is 0 Å². The highest BCUT2D eigenvalue weighted by atomic mass is 127. The highest BCUT2D eigenvalue weighted by Gasteiger charge is 2.27. The van der Waals surface area contributed by atoms with Gasteiger partial charge in [-0.1, -0.05) is 36.4 Å². The molecule has 0 atom stereocenters. The Morgan fingerprint density at radius 2 is 1.59 bits per heavy atom. The van der Waals surface area contributed by atoms with Gasteiger partial charge in [0.2, 0.25) is 0 Å². The summed E-state index contributed by atoms with van der Waals surface area (Å²) in [5, 5.41) is 4.90. The molecule has 29 heavy (non-hydrogen) atoms. The van der Waals surface area contributed by atoms with Crippen molar-refractivity contribution in [3.05, 3.63) is 82.1 Å². The minimum absolute atomic E-state index is 0.939. The minimum atomic E-state index is 0.939. The van der Waals surface area contributed by atoms with Gasteiger partial charge in [0.15, 0.2) is 0 Å². The third-order valence-electron chi connectivity index (χ3n) is 5.86. The zero-order chi connectivity index (χ0) is 19.7. The summed E-state index contributed by atoms with van der Waals surface area (Å²) in [5.74, 6) is 1.14. The lowest BCUT2D eigenvalue weighted by Gasteiger charge is -2.06. The molecule has 0 spiro atoms. The van der Waals surface area contributed by atoms with Crippen molar-refractivity contribution in [1.82, 2.24) is 4.57 Å². The van der Waals surface area contributed by atoms with Gasteiger partial charge in [-0.2, -0.15) is 4.57 Å². The second-order valence-corrected chi connectivity index (χ2v) is 8.57. The zero-order valence-electron chi connectivity index (χ0n) is 16.1. The van der Waals surface area contributed by atoms with Crippen LogP contribution in [0.4, 0.5) is 0 Å². The summed E-state index contributed by atoms with van der Waals surface area (Å²) in [4.78, 5) is 0. The van der Waals surface area contributed by atoms with Crippen LogP contribution < -0.4 is 4.57 Å². The van der Waals surface area contributed by atoms with Crippen molar-refractivity contribution in [3.8, 4) is 5.82 Å². The Labute approximate surface area is 181 Å². The third kappa shape index (κ3) is 2.20. The summed E-state index contributed by atoms with van der Waals surface area (Å²) in [6.07, 6.45) is 2.10. The van der Waals surface area contributed by atoms with Crippen LogP contribution in [0.3, 0.4) is 0 Å². The standard InChI is InChI=1S/C25H18IN2O/c1-15-23(26)25-22(17-10-4-6-12-19(17)29-25)21-16-9-3-5-11-18(16)28(24(15)21)20-13-7-8-14-27(20)2/h3-14H,1-2H3/q+1. The van der Waals surface area contributed by atoms with Crippen LogP contribution in [0.1, 0.15) is 5.56 Å². The molecule has 3 aromatic carbocycles. The van der Waals surface area contributed by atoms with Gasteiger partial charge in [0, 0.05) is 33.2 Å². The Balaban J connectivity index is 1.99. The van der Waals surface area contributed by atoms with Gasteiger partial charge >= 0.3 is 0 Å². The maximum absolute atomic E-state index is 6.34. The number of fused-ring (bicyclic) bond motifs is 7. The molecule has 0 fully saturated rings. The van der Waals surface area contributed by atoms with E-state index in [1.165, 1.54) is 41.7 Å². The fourth-order valence-electron chi connectivity index (χ4n) is 4.56. The second-order valence-electron chi connectivity index (χ2n) is 7.49. The molecule has 0 bridgehead atoms. The quantitative estimate of drug-likeness (QED) is 0.193. The van der Waals surface area contributed by atoms with E-state index in [4.69, 9.17) is 4.42 Å². The fourth-order valence-corrected chi connectivity index (χ4v) is 5.19. The largest absolute Gasteiger partial charge is 0.455 e. The number of halogens is 1. The van der Waals surface area contributed by atoms with Gasteiger partial charge < -0.3 is 4.42 Å². The number of furan rings is 1. The number of rotatable bonds is 1. The van der Waals surface area contributed by atoms with Gasteiger partial charge in [-0.15, -0.1) is 0 Å². The lowest BCUT2D eigenvalue weighted by atomic mass is 10.0. The summed E-state index contributed by atoms with van der Waals surface area (Å²) in [5.41, 5.74) is 5.62. The van der Waals surface area contributed by atoms with E-state index in [0.29, 0.717) is 0 Å². The van der Waals surface area contributed by atoms with Crippen LogP contribution in [0.15, 0.2) is 77.3 Å². The highest BCUT2D eigenvalue weighted by Crippen LogP contribution is 2.44. The number of nitrogens with zero attached hydrogens (tertiary/aromatic N) is 2. The molecular formula is C25H18IN2O+. The molecule has 0 saturated carbocycles. The Kier molecular flexibility index (Phi) is 3.56. The first-order valence-electron chi connectivity index (χ1n) is 9.64. The fraction of sp³-hybridized carbons (Fsp3) is 0.0800. The summed E-state index contributed by atoms with van der Waals surface area (Å²) in [6.45, 7) is 2.20. The number of pyridine rings is 1.